The van der Waals surface area contributed by atoms with E-state index >= 15 is 0 Å². The van der Waals surface area contributed by atoms with Gasteiger partial charge in [0.05, 0.1) is 0 Å². The Balaban J connectivity index is 1.89. The van der Waals surface area contributed by atoms with Crippen molar-refractivity contribution < 1.29 is 14.7 Å². The lowest BCUT2D eigenvalue weighted by Crippen LogP contribution is -2.53. The van der Waals surface area contributed by atoms with E-state index in [0.29, 0.717) is 42.3 Å². The van der Waals surface area contributed by atoms with E-state index in [1.54, 1.807) is 0 Å². The van der Waals surface area contributed by atoms with Crippen LogP contribution in [0.1, 0.15) is 99.3 Å². The quantitative estimate of drug-likeness (QED) is 0.400. The standard InChI is InChI=1S/C30H46O3/c1-19(2)22-11-9-20(3)23(29(22,7)18-16-27(32)33)12-13-24-21(4)10-14-25-28(5,6)26(31)15-17-30(24,25)8/h9,22-25H,1,4,10-18H2,2-3,5-8H3,(H,32,33)/t22-,23-,24-,25-,29-,30+/m1/s1. The van der Waals surface area contributed by atoms with Crippen LogP contribution in [0.15, 0.2) is 36.0 Å². The highest BCUT2D eigenvalue weighted by atomic mass is 16.4. The SMILES string of the molecule is C=C(C)[C@H]1CC=C(C)[C@@H](CC[C@@H]2C(=C)CC[C@@H]3C(C)(C)C(=O)CC[C@@]23C)[C@]1(C)CCC(=O)O. The van der Waals surface area contributed by atoms with E-state index in [2.05, 4.69) is 60.8 Å². The Hall–Kier alpha value is -1.64. The van der Waals surface area contributed by atoms with Gasteiger partial charge >= 0.3 is 5.97 Å². The van der Waals surface area contributed by atoms with E-state index in [1.165, 1.54) is 16.7 Å². The molecule has 33 heavy (non-hydrogen) atoms. The van der Waals surface area contributed by atoms with Crippen molar-refractivity contribution in [3.63, 3.8) is 0 Å². The number of carbonyl (C=O) groups is 2. The van der Waals surface area contributed by atoms with Crippen molar-refractivity contribution in [1.82, 2.24) is 0 Å². The number of carbonyl (C=O) groups excluding carboxylic acids is 1. The van der Waals surface area contributed by atoms with Gasteiger partial charge < -0.3 is 5.11 Å². The molecule has 1 N–H and O–H groups in total. The Labute approximate surface area is 201 Å². The lowest BCUT2D eigenvalue weighted by Gasteiger charge is -2.57. The summed E-state index contributed by atoms with van der Waals surface area (Å²) in [4.78, 5) is 24.3. The molecule has 184 valence electrons. The minimum Gasteiger partial charge on any atom is -0.481 e. The third-order valence-corrected chi connectivity index (χ3v) is 10.4. The fourth-order valence-corrected chi connectivity index (χ4v) is 8.37. The van der Waals surface area contributed by atoms with Crippen molar-refractivity contribution in [2.24, 2.45) is 39.9 Å². The van der Waals surface area contributed by atoms with Crippen molar-refractivity contribution in [3.8, 4) is 0 Å². The van der Waals surface area contributed by atoms with Crippen molar-refractivity contribution >= 4 is 11.8 Å². The van der Waals surface area contributed by atoms with E-state index in [9.17, 15) is 14.7 Å². The van der Waals surface area contributed by atoms with Crippen molar-refractivity contribution in [2.45, 2.75) is 99.3 Å². The molecule has 0 unspecified atom stereocenters. The smallest absolute Gasteiger partial charge is 0.303 e. The van der Waals surface area contributed by atoms with Crippen LogP contribution in [0.25, 0.3) is 0 Å². The lowest BCUT2D eigenvalue weighted by molar-refractivity contribution is -0.145. The van der Waals surface area contributed by atoms with Crippen LogP contribution in [0.3, 0.4) is 0 Å². The van der Waals surface area contributed by atoms with E-state index in [-0.39, 0.29) is 22.7 Å². The van der Waals surface area contributed by atoms with Gasteiger partial charge in [0.25, 0.3) is 0 Å². The maximum Gasteiger partial charge on any atom is 0.303 e. The molecule has 0 aromatic carbocycles. The van der Waals surface area contributed by atoms with Crippen LogP contribution in [0.5, 0.6) is 0 Å². The summed E-state index contributed by atoms with van der Waals surface area (Å²) in [6, 6.07) is 0. The minimum absolute atomic E-state index is 0.0961. The normalized spacial score (nSPS) is 38.4. The third-order valence-electron chi connectivity index (χ3n) is 10.4. The fourth-order valence-electron chi connectivity index (χ4n) is 8.37. The Morgan fingerprint density at radius 3 is 2.39 bits per heavy atom. The summed E-state index contributed by atoms with van der Waals surface area (Å²) in [6.07, 6.45) is 10.1. The van der Waals surface area contributed by atoms with Crippen molar-refractivity contribution in [3.05, 3.63) is 36.0 Å². The van der Waals surface area contributed by atoms with Gasteiger partial charge in [-0.2, -0.15) is 0 Å². The zero-order chi connectivity index (χ0) is 24.8. The average molecular weight is 455 g/mol. The molecule has 0 spiro atoms. The number of rotatable bonds is 7. The van der Waals surface area contributed by atoms with Gasteiger partial charge in [-0.1, -0.05) is 63.6 Å². The largest absolute Gasteiger partial charge is 0.481 e. The Kier molecular flexibility index (Phi) is 7.23. The second-order valence-electron chi connectivity index (χ2n) is 12.6. The molecule has 3 heteroatoms. The maximum atomic E-state index is 12.8. The molecular formula is C30H46O3. The van der Waals surface area contributed by atoms with E-state index in [1.807, 2.05) is 0 Å². The molecule has 0 saturated heterocycles. The van der Waals surface area contributed by atoms with Crippen molar-refractivity contribution in [1.29, 1.82) is 0 Å². The number of allylic oxidation sites excluding steroid dienone is 4. The van der Waals surface area contributed by atoms with Gasteiger partial charge in [-0.3, -0.25) is 9.59 Å². The van der Waals surface area contributed by atoms with Gasteiger partial charge in [0.2, 0.25) is 0 Å². The van der Waals surface area contributed by atoms with Crippen molar-refractivity contribution in [2.75, 3.05) is 0 Å². The van der Waals surface area contributed by atoms with Crippen LogP contribution in [0.4, 0.5) is 0 Å². The molecular weight excluding hydrogens is 408 g/mol. The molecule has 0 amide bonds. The first kappa shape index (κ1) is 26.0. The second kappa shape index (κ2) is 9.19. The second-order valence-corrected chi connectivity index (χ2v) is 12.6. The van der Waals surface area contributed by atoms with Crippen LogP contribution in [-0.4, -0.2) is 16.9 Å². The fraction of sp³-hybridized carbons (Fsp3) is 0.733. The molecule has 3 aliphatic carbocycles. The summed E-state index contributed by atoms with van der Waals surface area (Å²) in [5, 5.41) is 9.46. The topological polar surface area (TPSA) is 54.4 Å². The molecule has 0 bridgehead atoms. The van der Waals surface area contributed by atoms with E-state index in [4.69, 9.17) is 0 Å². The summed E-state index contributed by atoms with van der Waals surface area (Å²) in [5.74, 6) is 1.20. The Morgan fingerprint density at radius 2 is 1.79 bits per heavy atom. The molecule has 0 radical (unpaired) electrons. The third kappa shape index (κ3) is 4.54. The molecule has 0 heterocycles. The van der Waals surface area contributed by atoms with Gasteiger partial charge in [-0.15, -0.1) is 0 Å². The number of Topliss-reactive ketones (excluding diaryl/α,β-unsaturated/α-hetero) is 1. The first-order chi connectivity index (χ1) is 15.2. The number of aliphatic carboxylic acids is 1. The van der Waals surface area contributed by atoms with Gasteiger partial charge in [0, 0.05) is 18.3 Å². The predicted octanol–water partition coefficient (Wildman–Crippen LogP) is 7.77. The maximum absolute atomic E-state index is 12.8. The molecule has 2 saturated carbocycles. The first-order valence-electron chi connectivity index (χ1n) is 13.0. The highest BCUT2D eigenvalue weighted by Crippen LogP contribution is 2.62. The van der Waals surface area contributed by atoms with E-state index in [0.717, 1.165) is 38.5 Å². The van der Waals surface area contributed by atoms with Crippen LogP contribution >= 0.6 is 0 Å². The number of fused-ring (bicyclic) bond motifs is 1. The number of carboxylic acids is 1. The molecule has 6 atom stereocenters. The first-order valence-corrected chi connectivity index (χ1v) is 13.0. The minimum atomic E-state index is -0.715. The highest BCUT2D eigenvalue weighted by Gasteiger charge is 2.56. The zero-order valence-corrected chi connectivity index (χ0v) is 21.9. The molecule has 0 aromatic heterocycles. The summed E-state index contributed by atoms with van der Waals surface area (Å²) in [6.45, 7) is 22.2. The van der Waals surface area contributed by atoms with Crippen LogP contribution in [0.2, 0.25) is 0 Å². The number of hydrogen-bond acceptors (Lipinski definition) is 2. The summed E-state index contributed by atoms with van der Waals surface area (Å²) >= 11 is 0. The Bertz CT molecular complexity index is 862. The van der Waals surface area contributed by atoms with Gasteiger partial charge in [-0.25, -0.2) is 0 Å². The summed E-state index contributed by atoms with van der Waals surface area (Å²) < 4.78 is 0. The number of carboxylic acid groups (broad SMARTS) is 1. The lowest BCUT2D eigenvalue weighted by atomic mass is 9.46. The molecule has 0 aliphatic heterocycles. The number of hydrogen-bond donors (Lipinski definition) is 1. The van der Waals surface area contributed by atoms with Crippen LogP contribution in [-0.2, 0) is 9.59 Å². The van der Waals surface area contributed by atoms with Crippen LogP contribution < -0.4 is 0 Å². The predicted molar refractivity (Wildman–Crippen MR) is 136 cm³/mol. The van der Waals surface area contributed by atoms with Gasteiger partial charge in [-0.05, 0) is 93.3 Å². The van der Waals surface area contributed by atoms with Gasteiger partial charge in [0.1, 0.15) is 5.78 Å². The number of ketones is 1. The summed E-state index contributed by atoms with van der Waals surface area (Å²) in [7, 11) is 0. The molecule has 2 fully saturated rings. The van der Waals surface area contributed by atoms with Crippen LogP contribution in [0, 0.1) is 39.9 Å². The molecule has 3 rings (SSSR count). The Morgan fingerprint density at radius 1 is 1.15 bits per heavy atom. The monoisotopic (exact) mass is 454 g/mol. The van der Waals surface area contributed by atoms with E-state index < -0.39 is 5.97 Å². The molecule has 3 nitrogen and oxygen atoms in total. The highest BCUT2D eigenvalue weighted by molar-refractivity contribution is 5.85. The van der Waals surface area contributed by atoms with Gasteiger partial charge in [0.15, 0.2) is 0 Å². The zero-order valence-electron chi connectivity index (χ0n) is 21.9. The summed E-state index contributed by atoms with van der Waals surface area (Å²) in [5.41, 5.74) is 3.69. The average Bonchev–Trinajstić information content (AvgIpc) is 2.71. The molecule has 3 aliphatic rings. The molecule has 0 aromatic rings.